The summed E-state index contributed by atoms with van der Waals surface area (Å²) >= 11 is 1.90. The largest absolute Gasteiger partial charge is 0.358 e. The highest BCUT2D eigenvalue weighted by Crippen LogP contribution is 2.35. The van der Waals surface area contributed by atoms with Gasteiger partial charge in [0, 0.05) is 12.1 Å². The fraction of sp³-hybridized carbons (Fsp3) is 0.667. The van der Waals surface area contributed by atoms with Gasteiger partial charge in [0.15, 0.2) is 0 Å². The summed E-state index contributed by atoms with van der Waals surface area (Å²) in [6.45, 7) is 8.14. The smallest absolute Gasteiger partial charge is 0.0945 e. The van der Waals surface area contributed by atoms with Gasteiger partial charge >= 0.3 is 0 Å². The number of hydrogen-bond acceptors (Lipinski definition) is 2. The van der Waals surface area contributed by atoms with Crippen molar-refractivity contribution in [1.82, 2.24) is 0 Å². The number of anilines is 1. The second-order valence-electron chi connectivity index (χ2n) is 5.03. The second-order valence-corrected chi connectivity index (χ2v) is 5.93. The van der Waals surface area contributed by atoms with Crippen molar-refractivity contribution in [2.45, 2.75) is 45.6 Å². The van der Waals surface area contributed by atoms with Gasteiger partial charge in [0.05, 0.1) is 5.00 Å². The Kier molecular flexibility index (Phi) is 2.56. The fourth-order valence-electron chi connectivity index (χ4n) is 2.08. The van der Waals surface area contributed by atoms with Gasteiger partial charge in [0.25, 0.3) is 0 Å². The zero-order valence-electron chi connectivity index (χ0n) is 9.34. The maximum atomic E-state index is 2.57. The molecule has 2 heteroatoms. The van der Waals surface area contributed by atoms with Crippen molar-refractivity contribution >= 4 is 16.3 Å². The van der Waals surface area contributed by atoms with Gasteiger partial charge in [-0.05, 0) is 57.0 Å². The minimum atomic E-state index is 0.268. The van der Waals surface area contributed by atoms with Crippen LogP contribution in [0.1, 0.15) is 39.2 Å². The summed E-state index contributed by atoms with van der Waals surface area (Å²) in [5.41, 5.74) is 1.83. The van der Waals surface area contributed by atoms with Crippen molar-refractivity contribution < 1.29 is 0 Å². The van der Waals surface area contributed by atoms with E-state index in [1.165, 1.54) is 30.8 Å². The lowest BCUT2D eigenvalue weighted by Gasteiger charge is -2.36. The molecule has 0 radical (unpaired) electrons. The van der Waals surface area contributed by atoms with Crippen LogP contribution in [0.3, 0.4) is 0 Å². The Hall–Kier alpha value is -0.500. The molecule has 0 aromatic carbocycles. The highest BCUT2D eigenvalue weighted by molar-refractivity contribution is 7.14. The van der Waals surface area contributed by atoms with Gasteiger partial charge in [0.1, 0.15) is 0 Å². The number of aryl methyl sites for hydroxylation is 1. The molecule has 1 nitrogen and oxygen atoms in total. The molecular formula is C12H19NS. The molecule has 14 heavy (non-hydrogen) atoms. The Balaban J connectivity index is 2.35. The molecular weight excluding hydrogens is 190 g/mol. The van der Waals surface area contributed by atoms with Crippen molar-refractivity contribution in [3.8, 4) is 0 Å². The number of thiophene rings is 1. The first-order valence-electron chi connectivity index (χ1n) is 5.43. The quantitative estimate of drug-likeness (QED) is 0.630. The lowest BCUT2D eigenvalue weighted by Crippen LogP contribution is -2.41. The minimum Gasteiger partial charge on any atom is -0.358 e. The van der Waals surface area contributed by atoms with Gasteiger partial charge in [-0.15, -0.1) is 11.3 Å². The lowest BCUT2D eigenvalue weighted by molar-refractivity contribution is 0.501. The van der Waals surface area contributed by atoms with Crippen molar-refractivity contribution in [1.29, 1.82) is 0 Å². The van der Waals surface area contributed by atoms with Crippen LogP contribution in [-0.4, -0.2) is 12.1 Å². The van der Waals surface area contributed by atoms with E-state index in [9.17, 15) is 0 Å². The third-order valence-corrected chi connectivity index (χ3v) is 3.83. The zero-order chi connectivity index (χ0) is 10.2. The van der Waals surface area contributed by atoms with Gasteiger partial charge in [-0.25, -0.2) is 0 Å². The highest BCUT2D eigenvalue weighted by atomic mass is 32.1. The van der Waals surface area contributed by atoms with E-state index >= 15 is 0 Å². The van der Waals surface area contributed by atoms with Crippen molar-refractivity contribution in [3.63, 3.8) is 0 Å². The molecule has 0 amide bonds. The maximum absolute atomic E-state index is 2.57. The Morgan fingerprint density at radius 1 is 1.29 bits per heavy atom. The number of hydrogen-bond donors (Lipinski definition) is 0. The summed E-state index contributed by atoms with van der Waals surface area (Å²) in [6, 6.07) is 2.30. The van der Waals surface area contributed by atoms with E-state index in [0.717, 1.165) is 0 Å². The summed E-state index contributed by atoms with van der Waals surface area (Å²) in [5, 5.41) is 3.74. The zero-order valence-corrected chi connectivity index (χ0v) is 10.2. The SMILES string of the molecule is CC(C)(C)N1CCCCc2ccsc21. The summed E-state index contributed by atoms with van der Waals surface area (Å²) in [6.07, 6.45) is 3.94. The Morgan fingerprint density at radius 3 is 2.79 bits per heavy atom. The van der Waals surface area contributed by atoms with E-state index in [2.05, 4.69) is 37.1 Å². The minimum absolute atomic E-state index is 0.268. The van der Waals surface area contributed by atoms with Gasteiger partial charge in [0.2, 0.25) is 0 Å². The highest BCUT2D eigenvalue weighted by Gasteiger charge is 2.25. The van der Waals surface area contributed by atoms with Crippen LogP contribution in [0.4, 0.5) is 5.00 Å². The van der Waals surface area contributed by atoms with E-state index < -0.39 is 0 Å². The number of nitrogens with zero attached hydrogens (tertiary/aromatic N) is 1. The van der Waals surface area contributed by atoms with Crippen LogP contribution in [0, 0.1) is 0 Å². The van der Waals surface area contributed by atoms with Crippen LogP contribution >= 0.6 is 11.3 Å². The first kappa shape index (κ1) is 10.0. The fourth-order valence-corrected chi connectivity index (χ4v) is 3.26. The van der Waals surface area contributed by atoms with Crippen molar-refractivity contribution in [2.75, 3.05) is 11.4 Å². The molecule has 0 saturated heterocycles. The molecule has 1 aromatic rings. The van der Waals surface area contributed by atoms with Crippen LogP contribution in [0.5, 0.6) is 0 Å². The van der Waals surface area contributed by atoms with E-state index in [4.69, 9.17) is 0 Å². The predicted octanol–water partition coefficient (Wildman–Crippen LogP) is 3.69. The normalized spacial score (nSPS) is 17.8. The molecule has 0 spiro atoms. The average Bonchev–Trinajstić information content (AvgIpc) is 2.42. The van der Waals surface area contributed by atoms with Gasteiger partial charge in [-0.3, -0.25) is 0 Å². The first-order chi connectivity index (χ1) is 6.59. The van der Waals surface area contributed by atoms with Crippen LogP contribution in [0.2, 0.25) is 0 Å². The Labute approximate surface area is 90.7 Å². The van der Waals surface area contributed by atoms with Gasteiger partial charge in [-0.2, -0.15) is 0 Å². The van der Waals surface area contributed by atoms with Crippen LogP contribution < -0.4 is 4.90 Å². The molecule has 1 aliphatic heterocycles. The molecule has 0 fully saturated rings. The Bertz CT molecular complexity index is 308. The third kappa shape index (κ3) is 1.81. The third-order valence-electron chi connectivity index (χ3n) is 2.86. The van der Waals surface area contributed by atoms with Gasteiger partial charge < -0.3 is 4.90 Å². The molecule has 1 aromatic heterocycles. The van der Waals surface area contributed by atoms with E-state index in [1.807, 2.05) is 11.3 Å². The Morgan fingerprint density at radius 2 is 2.07 bits per heavy atom. The molecule has 0 aliphatic carbocycles. The number of rotatable bonds is 0. The molecule has 2 rings (SSSR count). The summed E-state index contributed by atoms with van der Waals surface area (Å²) in [4.78, 5) is 2.57. The first-order valence-corrected chi connectivity index (χ1v) is 6.31. The molecule has 0 bridgehead atoms. The van der Waals surface area contributed by atoms with E-state index in [1.54, 1.807) is 5.56 Å². The maximum Gasteiger partial charge on any atom is 0.0945 e. The standard InChI is InChI=1S/C12H19NS/c1-12(2,3)13-8-5-4-6-10-7-9-14-11(10)13/h7,9H,4-6,8H2,1-3H3. The lowest BCUT2D eigenvalue weighted by atomic mass is 10.1. The van der Waals surface area contributed by atoms with Crippen LogP contribution in [-0.2, 0) is 6.42 Å². The predicted molar refractivity (Wildman–Crippen MR) is 64.4 cm³/mol. The molecule has 0 saturated carbocycles. The second kappa shape index (κ2) is 3.58. The number of fused-ring (bicyclic) bond motifs is 1. The summed E-state index contributed by atoms with van der Waals surface area (Å²) in [5.74, 6) is 0. The van der Waals surface area contributed by atoms with E-state index in [-0.39, 0.29) is 5.54 Å². The molecule has 1 aliphatic rings. The molecule has 0 unspecified atom stereocenters. The van der Waals surface area contributed by atoms with Gasteiger partial charge in [-0.1, -0.05) is 0 Å². The van der Waals surface area contributed by atoms with Crippen molar-refractivity contribution in [2.24, 2.45) is 0 Å². The van der Waals surface area contributed by atoms with Crippen molar-refractivity contribution in [3.05, 3.63) is 17.0 Å². The van der Waals surface area contributed by atoms with E-state index in [0.29, 0.717) is 0 Å². The van der Waals surface area contributed by atoms with Crippen LogP contribution in [0.15, 0.2) is 11.4 Å². The monoisotopic (exact) mass is 209 g/mol. The molecule has 2 heterocycles. The molecule has 0 N–H and O–H groups in total. The topological polar surface area (TPSA) is 3.24 Å². The summed E-state index contributed by atoms with van der Waals surface area (Å²) in [7, 11) is 0. The molecule has 78 valence electrons. The average molecular weight is 209 g/mol. The summed E-state index contributed by atoms with van der Waals surface area (Å²) < 4.78 is 0. The van der Waals surface area contributed by atoms with Crippen LogP contribution in [0.25, 0.3) is 0 Å². The molecule has 0 atom stereocenters.